The lowest BCUT2D eigenvalue weighted by atomic mass is 10.0. The molecule has 110 valence electrons. The van der Waals surface area contributed by atoms with Crippen LogP contribution in [-0.4, -0.2) is 38.7 Å². The number of carbonyl (C=O) groups is 1. The maximum Gasteiger partial charge on any atom is 0.253 e. The molecular formula is C14H14Cl2N4O. The van der Waals surface area contributed by atoms with E-state index in [0.29, 0.717) is 22.2 Å². The standard InChI is InChI=1S/C14H14Cl2N4O/c15-12-4-3-10(6-13(12)16)14(21)19-5-1-2-11(7-19)20-9-17-8-18-20/h3-4,6,8-9,11H,1-2,5,7H2/t11-/m0/s1. The van der Waals surface area contributed by atoms with Gasteiger partial charge in [-0.2, -0.15) is 5.10 Å². The van der Waals surface area contributed by atoms with Gasteiger partial charge in [0.2, 0.25) is 0 Å². The van der Waals surface area contributed by atoms with Gasteiger partial charge in [0.15, 0.2) is 0 Å². The van der Waals surface area contributed by atoms with E-state index in [1.54, 1.807) is 24.5 Å². The van der Waals surface area contributed by atoms with Crippen LogP contribution < -0.4 is 0 Å². The van der Waals surface area contributed by atoms with Crippen LogP contribution in [0.15, 0.2) is 30.9 Å². The van der Waals surface area contributed by atoms with Crippen molar-refractivity contribution in [3.63, 3.8) is 0 Å². The quantitative estimate of drug-likeness (QED) is 0.853. The maximum atomic E-state index is 12.6. The van der Waals surface area contributed by atoms with Crippen LogP contribution in [0, 0.1) is 0 Å². The van der Waals surface area contributed by atoms with E-state index in [1.807, 2.05) is 9.58 Å². The molecule has 1 fully saturated rings. The molecule has 1 aliphatic rings. The number of amides is 1. The van der Waals surface area contributed by atoms with Crippen LogP contribution in [0.1, 0.15) is 29.2 Å². The second kappa shape index (κ2) is 6.03. The molecule has 0 bridgehead atoms. The number of likely N-dealkylation sites (tertiary alicyclic amines) is 1. The summed E-state index contributed by atoms with van der Waals surface area (Å²) in [5.41, 5.74) is 0.559. The number of rotatable bonds is 2. The molecule has 21 heavy (non-hydrogen) atoms. The van der Waals surface area contributed by atoms with Crippen LogP contribution in [0.3, 0.4) is 0 Å². The Morgan fingerprint density at radius 2 is 2.14 bits per heavy atom. The Bertz CT molecular complexity index is 644. The maximum absolute atomic E-state index is 12.6. The lowest BCUT2D eigenvalue weighted by Crippen LogP contribution is -2.40. The van der Waals surface area contributed by atoms with E-state index >= 15 is 0 Å². The number of halogens is 2. The molecule has 1 atom stereocenters. The molecule has 0 aliphatic carbocycles. The number of hydrogen-bond donors (Lipinski definition) is 0. The SMILES string of the molecule is O=C(c1ccc(Cl)c(Cl)c1)N1CCC[C@H](n2cncn2)C1. The summed E-state index contributed by atoms with van der Waals surface area (Å²) in [5.74, 6) is -0.0293. The first-order valence-electron chi connectivity index (χ1n) is 6.73. The molecule has 1 aliphatic heterocycles. The zero-order valence-electron chi connectivity index (χ0n) is 11.2. The average molecular weight is 325 g/mol. The average Bonchev–Trinajstić information content (AvgIpc) is 3.04. The summed E-state index contributed by atoms with van der Waals surface area (Å²) >= 11 is 11.9. The molecule has 1 saturated heterocycles. The van der Waals surface area contributed by atoms with Gasteiger partial charge in [0.25, 0.3) is 5.91 Å². The van der Waals surface area contributed by atoms with Gasteiger partial charge >= 0.3 is 0 Å². The third kappa shape index (κ3) is 3.04. The first-order chi connectivity index (χ1) is 10.1. The first-order valence-corrected chi connectivity index (χ1v) is 7.49. The second-order valence-electron chi connectivity index (χ2n) is 5.05. The molecule has 0 N–H and O–H groups in total. The van der Waals surface area contributed by atoms with E-state index < -0.39 is 0 Å². The first kappa shape index (κ1) is 14.4. The molecule has 3 rings (SSSR count). The lowest BCUT2D eigenvalue weighted by Gasteiger charge is -2.32. The summed E-state index contributed by atoms with van der Waals surface area (Å²) in [6.07, 6.45) is 5.14. The highest BCUT2D eigenvalue weighted by Crippen LogP contribution is 2.25. The van der Waals surface area contributed by atoms with Crippen molar-refractivity contribution in [2.45, 2.75) is 18.9 Å². The highest BCUT2D eigenvalue weighted by atomic mass is 35.5. The molecule has 1 aromatic carbocycles. The Labute approximate surface area is 132 Å². The second-order valence-corrected chi connectivity index (χ2v) is 5.87. The molecule has 1 amide bonds. The predicted octanol–water partition coefficient (Wildman–Crippen LogP) is 3.06. The summed E-state index contributed by atoms with van der Waals surface area (Å²) < 4.78 is 1.81. The van der Waals surface area contributed by atoms with Crippen molar-refractivity contribution in [1.29, 1.82) is 0 Å². The van der Waals surface area contributed by atoms with Gasteiger partial charge in [-0.3, -0.25) is 4.79 Å². The zero-order valence-corrected chi connectivity index (χ0v) is 12.8. The van der Waals surface area contributed by atoms with E-state index in [1.165, 1.54) is 6.33 Å². The van der Waals surface area contributed by atoms with Crippen LogP contribution >= 0.6 is 23.2 Å². The molecule has 0 unspecified atom stereocenters. The van der Waals surface area contributed by atoms with E-state index in [-0.39, 0.29) is 11.9 Å². The monoisotopic (exact) mass is 324 g/mol. The van der Waals surface area contributed by atoms with E-state index in [2.05, 4.69) is 10.1 Å². The third-order valence-corrected chi connectivity index (χ3v) is 4.40. The third-order valence-electron chi connectivity index (χ3n) is 3.66. The molecule has 0 saturated carbocycles. The topological polar surface area (TPSA) is 51.0 Å². The van der Waals surface area contributed by atoms with Crippen LogP contribution in [-0.2, 0) is 0 Å². The van der Waals surface area contributed by atoms with Gasteiger partial charge in [0, 0.05) is 18.7 Å². The predicted molar refractivity (Wildman–Crippen MR) is 80.7 cm³/mol. The Hall–Kier alpha value is -1.59. The van der Waals surface area contributed by atoms with Crippen LogP contribution in [0.2, 0.25) is 10.0 Å². The fourth-order valence-electron chi connectivity index (χ4n) is 2.57. The molecule has 1 aromatic heterocycles. The van der Waals surface area contributed by atoms with Crippen molar-refractivity contribution in [2.75, 3.05) is 13.1 Å². The highest BCUT2D eigenvalue weighted by molar-refractivity contribution is 6.42. The number of aromatic nitrogens is 3. The van der Waals surface area contributed by atoms with Gasteiger partial charge in [-0.25, -0.2) is 9.67 Å². The number of carbonyl (C=O) groups excluding carboxylic acids is 1. The number of piperidine rings is 1. The summed E-state index contributed by atoms with van der Waals surface area (Å²) in [5, 5.41) is 5.01. The van der Waals surface area contributed by atoms with E-state index in [4.69, 9.17) is 23.2 Å². The minimum absolute atomic E-state index is 0.0293. The zero-order chi connectivity index (χ0) is 14.8. The van der Waals surface area contributed by atoms with Crippen molar-refractivity contribution in [3.8, 4) is 0 Å². The molecule has 0 radical (unpaired) electrons. The highest BCUT2D eigenvalue weighted by Gasteiger charge is 2.26. The van der Waals surface area contributed by atoms with Gasteiger partial charge in [0.05, 0.1) is 16.1 Å². The van der Waals surface area contributed by atoms with Crippen molar-refractivity contribution < 1.29 is 4.79 Å². The summed E-state index contributed by atoms with van der Waals surface area (Å²) in [4.78, 5) is 18.3. The van der Waals surface area contributed by atoms with Crippen LogP contribution in [0.4, 0.5) is 0 Å². The van der Waals surface area contributed by atoms with E-state index in [9.17, 15) is 4.79 Å². The van der Waals surface area contributed by atoms with Gasteiger partial charge in [-0.1, -0.05) is 23.2 Å². The molecule has 0 spiro atoms. The molecule has 2 aromatic rings. The molecule has 7 heteroatoms. The number of hydrogen-bond acceptors (Lipinski definition) is 3. The fourth-order valence-corrected chi connectivity index (χ4v) is 2.87. The molecular weight excluding hydrogens is 311 g/mol. The fraction of sp³-hybridized carbons (Fsp3) is 0.357. The van der Waals surface area contributed by atoms with Crippen molar-refractivity contribution >= 4 is 29.1 Å². The van der Waals surface area contributed by atoms with Gasteiger partial charge < -0.3 is 4.90 Å². The Morgan fingerprint density at radius 1 is 1.29 bits per heavy atom. The van der Waals surface area contributed by atoms with Crippen molar-refractivity contribution in [3.05, 3.63) is 46.5 Å². The lowest BCUT2D eigenvalue weighted by molar-refractivity contribution is 0.0673. The summed E-state index contributed by atoms with van der Waals surface area (Å²) in [6, 6.07) is 5.14. The molecule has 5 nitrogen and oxygen atoms in total. The van der Waals surface area contributed by atoms with Crippen LogP contribution in [0.25, 0.3) is 0 Å². The Kier molecular flexibility index (Phi) is 4.12. The van der Waals surface area contributed by atoms with Crippen molar-refractivity contribution in [1.82, 2.24) is 19.7 Å². The van der Waals surface area contributed by atoms with Gasteiger partial charge in [-0.15, -0.1) is 0 Å². The van der Waals surface area contributed by atoms with Gasteiger partial charge in [-0.05, 0) is 31.0 Å². The Morgan fingerprint density at radius 3 is 2.86 bits per heavy atom. The number of benzene rings is 1. The largest absolute Gasteiger partial charge is 0.336 e. The van der Waals surface area contributed by atoms with Crippen molar-refractivity contribution in [2.24, 2.45) is 0 Å². The number of nitrogens with zero attached hydrogens (tertiary/aromatic N) is 4. The summed E-state index contributed by atoms with van der Waals surface area (Å²) in [6.45, 7) is 1.37. The minimum atomic E-state index is -0.0293. The Balaban J connectivity index is 1.76. The van der Waals surface area contributed by atoms with Crippen LogP contribution in [0.5, 0.6) is 0 Å². The minimum Gasteiger partial charge on any atom is -0.336 e. The molecule has 2 heterocycles. The van der Waals surface area contributed by atoms with Gasteiger partial charge in [0.1, 0.15) is 12.7 Å². The normalized spacial score (nSPS) is 18.8. The smallest absolute Gasteiger partial charge is 0.253 e. The van der Waals surface area contributed by atoms with E-state index in [0.717, 1.165) is 19.4 Å². The summed E-state index contributed by atoms with van der Waals surface area (Å²) in [7, 11) is 0.